The van der Waals surface area contributed by atoms with Crippen LogP contribution in [-0.4, -0.2) is 37.1 Å². The summed E-state index contributed by atoms with van der Waals surface area (Å²) in [4.78, 5) is 18.9. The van der Waals surface area contributed by atoms with Crippen LogP contribution in [0, 0.1) is 0 Å². The number of nitrogens with zero attached hydrogens (tertiary/aromatic N) is 2. The molecule has 23 heavy (non-hydrogen) atoms. The van der Waals surface area contributed by atoms with Gasteiger partial charge in [-0.3, -0.25) is 4.79 Å². The number of hydrogen-bond donors (Lipinski definition) is 2. The van der Waals surface area contributed by atoms with Crippen molar-refractivity contribution in [2.24, 2.45) is 0 Å². The number of piperazine rings is 1. The smallest absolute Gasteiger partial charge is 0.255 e. The summed E-state index contributed by atoms with van der Waals surface area (Å²) >= 11 is 0. The summed E-state index contributed by atoms with van der Waals surface area (Å²) < 4.78 is 0. The van der Waals surface area contributed by atoms with Gasteiger partial charge in [-0.05, 0) is 24.6 Å². The Morgan fingerprint density at radius 3 is 2.91 bits per heavy atom. The van der Waals surface area contributed by atoms with Crippen molar-refractivity contribution < 1.29 is 4.79 Å². The summed E-state index contributed by atoms with van der Waals surface area (Å²) in [6.07, 6.45) is 1.75. The summed E-state index contributed by atoms with van der Waals surface area (Å²) in [6, 6.07) is 14.3. The molecule has 0 aliphatic carbocycles. The highest BCUT2D eigenvalue weighted by molar-refractivity contribution is 5.98. The lowest BCUT2D eigenvalue weighted by Crippen LogP contribution is -2.46. The maximum atomic E-state index is 12.3. The number of rotatable bonds is 4. The first-order valence-electron chi connectivity index (χ1n) is 8.06. The highest BCUT2D eigenvalue weighted by Gasteiger charge is 2.24. The number of nitrogens with one attached hydrogen (secondary N) is 2. The third-order valence-corrected chi connectivity index (χ3v) is 4.05. The predicted octanol–water partition coefficient (Wildman–Crippen LogP) is 1.98. The van der Waals surface area contributed by atoms with Crippen molar-refractivity contribution in [1.82, 2.24) is 15.6 Å². The van der Waals surface area contributed by atoms with Gasteiger partial charge in [-0.1, -0.05) is 30.3 Å². The van der Waals surface area contributed by atoms with E-state index in [1.165, 1.54) is 5.56 Å². The summed E-state index contributed by atoms with van der Waals surface area (Å²) in [5.41, 5.74) is 1.90. The number of benzene rings is 1. The number of carbonyl (C=O) groups excluding carboxylic acids is 1. The van der Waals surface area contributed by atoms with Crippen molar-refractivity contribution in [3.63, 3.8) is 0 Å². The Kier molecular flexibility index (Phi) is 4.88. The van der Waals surface area contributed by atoms with Gasteiger partial charge in [0.05, 0.1) is 5.56 Å². The van der Waals surface area contributed by atoms with E-state index in [1.54, 1.807) is 6.20 Å². The predicted molar refractivity (Wildman–Crippen MR) is 91.6 cm³/mol. The second-order valence-corrected chi connectivity index (χ2v) is 5.60. The molecule has 1 amide bonds. The molecule has 1 aliphatic heterocycles. The number of hydrogen-bond acceptors (Lipinski definition) is 4. The van der Waals surface area contributed by atoms with Crippen LogP contribution in [-0.2, 0) is 0 Å². The van der Waals surface area contributed by atoms with Crippen molar-refractivity contribution in [2.75, 3.05) is 31.1 Å². The number of carbonyl (C=O) groups is 1. The molecule has 5 heteroatoms. The Hall–Kier alpha value is -2.40. The molecule has 2 N–H and O–H groups in total. The number of pyridine rings is 1. The second kappa shape index (κ2) is 7.24. The van der Waals surface area contributed by atoms with E-state index in [1.807, 2.05) is 25.1 Å². The SMILES string of the molecule is CCNC(=O)c1cccnc1N1CCNC(c2ccccc2)C1. The van der Waals surface area contributed by atoms with E-state index < -0.39 is 0 Å². The summed E-state index contributed by atoms with van der Waals surface area (Å²) in [5.74, 6) is 0.700. The molecule has 1 fully saturated rings. The fraction of sp³-hybridized carbons (Fsp3) is 0.333. The zero-order chi connectivity index (χ0) is 16.1. The molecule has 0 saturated carbocycles. The van der Waals surface area contributed by atoms with E-state index in [0.717, 1.165) is 25.5 Å². The van der Waals surface area contributed by atoms with E-state index in [-0.39, 0.29) is 11.9 Å². The first-order valence-corrected chi connectivity index (χ1v) is 8.06. The minimum Gasteiger partial charge on any atom is -0.353 e. The molecule has 1 aromatic heterocycles. The van der Waals surface area contributed by atoms with Crippen LogP contribution in [0.15, 0.2) is 48.7 Å². The van der Waals surface area contributed by atoms with E-state index in [2.05, 4.69) is 44.8 Å². The first-order chi connectivity index (χ1) is 11.3. The van der Waals surface area contributed by atoms with E-state index >= 15 is 0 Å². The lowest BCUT2D eigenvalue weighted by Gasteiger charge is -2.35. The van der Waals surface area contributed by atoms with Gasteiger partial charge in [-0.2, -0.15) is 0 Å². The van der Waals surface area contributed by atoms with Crippen LogP contribution in [0.2, 0.25) is 0 Å². The quantitative estimate of drug-likeness (QED) is 0.907. The van der Waals surface area contributed by atoms with E-state index in [0.29, 0.717) is 12.1 Å². The van der Waals surface area contributed by atoms with Gasteiger partial charge in [0.15, 0.2) is 0 Å². The molecule has 0 bridgehead atoms. The van der Waals surface area contributed by atoms with Crippen LogP contribution in [0.1, 0.15) is 28.9 Å². The largest absolute Gasteiger partial charge is 0.353 e. The second-order valence-electron chi connectivity index (χ2n) is 5.60. The summed E-state index contributed by atoms with van der Waals surface area (Å²) in [5, 5.41) is 6.40. The Morgan fingerprint density at radius 1 is 1.30 bits per heavy atom. The molecule has 120 valence electrons. The normalized spacial score (nSPS) is 17.8. The Morgan fingerprint density at radius 2 is 2.13 bits per heavy atom. The lowest BCUT2D eigenvalue weighted by atomic mass is 10.0. The molecule has 3 rings (SSSR count). The van der Waals surface area contributed by atoms with Crippen LogP contribution < -0.4 is 15.5 Å². The van der Waals surface area contributed by atoms with Crippen molar-refractivity contribution in [3.8, 4) is 0 Å². The highest BCUT2D eigenvalue weighted by atomic mass is 16.1. The molecule has 1 aromatic carbocycles. The molecular formula is C18H22N4O. The topological polar surface area (TPSA) is 57.3 Å². The van der Waals surface area contributed by atoms with Gasteiger partial charge in [-0.15, -0.1) is 0 Å². The third kappa shape index (κ3) is 3.51. The maximum absolute atomic E-state index is 12.3. The standard InChI is InChI=1S/C18H22N4O/c1-2-19-18(23)15-9-6-10-21-17(15)22-12-11-20-16(13-22)14-7-4-3-5-8-14/h3-10,16,20H,2,11-13H2,1H3,(H,19,23). The van der Waals surface area contributed by atoms with Gasteiger partial charge >= 0.3 is 0 Å². The van der Waals surface area contributed by atoms with Gasteiger partial charge in [-0.25, -0.2) is 4.98 Å². The minimum atomic E-state index is -0.0645. The van der Waals surface area contributed by atoms with Crippen molar-refractivity contribution in [3.05, 3.63) is 59.8 Å². The molecule has 0 radical (unpaired) electrons. The number of anilines is 1. The fourth-order valence-corrected chi connectivity index (χ4v) is 2.93. The monoisotopic (exact) mass is 310 g/mol. The van der Waals surface area contributed by atoms with Crippen LogP contribution >= 0.6 is 0 Å². The molecule has 1 saturated heterocycles. The number of aromatic nitrogens is 1. The van der Waals surface area contributed by atoms with Crippen molar-refractivity contribution in [1.29, 1.82) is 0 Å². The number of amides is 1. The average molecular weight is 310 g/mol. The van der Waals surface area contributed by atoms with Crippen LogP contribution in [0.3, 0.4) is 0 Å². The van der Waals surface area contributed by atoms with Gasteiger partial charge in [0.25, 0.3) is 5.91 Å². The molecule has 1 aliphatic rings. The lowest BCUT2D eigenvalue weighted by molar-refractivity contribution is 0.0956. The Balaban J connectivity index is 1.83. The first kappa shape index (κ1) is 15.5. The zero-order valence-electron chi connectivity index (χ0n) is 13.3. The third-order valence-electron chi connectivity index (χ3n) is 4.05. The molecule has 2 aromatic rings. The van der Waals surface area contributed by atoms with Crippen molar-refractivity contribution in [2.45, 2.75) is 13.0 Å². The minimum absolute atomic E-state index is 0.0645. The maximum Gasteiger partial charge on any atom is 0.255 e. The summed E-state index contributed by atoms with van der Waals surface area (Å²) in [6.45, 7) is 5.04. The van der Waals surface area contributed by atoms with Crippen LogP contribution in [0.25, 0.3) is 0 Å². The molecule has 2 heterocycles. The van der Waals surface area contributed by atoms with Gasteiger partial charge in [0.1, 0.15) is 5.82 Å². The fourth-order valence-electron chi connectivity index (χ4n) is 2.93. The average Bonchev–Trinajstić information content (AvgIpc) is 2.63. The van der Waals surface area contributed by atoms with Crippen LogP contribution in [0.5, 0.6) is 0 Å². The molecule has 0 spiro atoms. The molecule has 1 atom stereocenters. The zero-order valence-corrected chi connectivity index (χ0v) is 13.3. The van der Waals surface area contributed by atoms with Gasteiger partial charge in [0, 0.05) is 38.4 Å². The van der Waals surface area contributed by atoms with E-state index in [4.69, 9.17) is 0 Å². The van der Waals surface area contributed by atoms with Gasteiger partial charge in [0.2, 0.25) is 0 Å². The van der Waals surface area contributed by atoms with E-state index in [9.17, 15) is 4.79 Å². The molecule has 1 unspecified atom stereocenters. The van der Waals surface area contributed by atoms with Crippen molar-refractivity contribution >= 4 is 11.7 Å². The highest BCUT2D eigenvalue weighted by Crippen LogP contribution is 2.23. The Labute approximate surface area is 136 Å². The summed E-state index contributed by atoms with van der Waals surface area (Å²) in [7, 11) is 0. The molecular weight excluding hydrogens is 288 g/mol. The Bertz CT molecular complexity index is 659. The van der Waals surface area contributed by atoms with Gasteiger partial charge < -0.3 is 15.5 Å². The molecule has 5 nitrogen and oxygen atoms in total. The van der Waals surface area contributed by atoms with Crippen LogP contribution in [0.4, 0.5) is 5.82 Å².